The molecule has 114 valence electrons. The average molecular weight is 295 g/mol. The van der Waals surface area contributed by atoms with Crippen molar-refractivity contribution in [2.75, 3.05) is 5.32 Å². The van der Waals surface area contributed by atoms with Crippen molar-refractivity contribution in [3.05, 3.63) is 53.9 Å². The van der Waals surface area contributed by atoms with Crippen LogP contribution in [0.5, 0.6) is 0 Å². The van der Waals surface area contributed by atoms with Gasteiger partial charge in [-0.05, 0) is 48.6 Å². The minimum absolute atomic E-state index is 0.0960. The first-order valence-electron chi connectivity index (χ1n) is 7.76. The molecule has 4 heteroatoms. The molecule has 1 heterocycles. The Labute approximate surface area is 131 Å². The first-order chi connectivity index (χ1) is 10.6. The maximum absolute atomic E-state index is 12.0. The van der Waals surface area contributed by atoms with Crippen molar-refractivity contribution >= 4 is 17.3 Å². The Hall–Kier alpha value is -2.36. The Kier molecular flexibility index (Phi) is 4.09. The Balaban J connectivity index is 1.70. The highest BCUT2D eigenvalue weighted by atomic mass is 16.2. The molecule has 0 aliphatic heterocycles. The van der Waals surface area contributed by atoms with Crippen molar-refractivity contribution in [1.29, 1.82) is 0 Å². The Bertz CT molecular complexity index is 660. The van der Waals surface area contributed by atoms with E-state index in [1.807, 2.05) is 6.07 Å². The maximum atomic E-state index is 12.0. The molecule has 0 bridgehead atoms. The van der Waals surface area contributed by atoms with Crippen LogP contribution in [0.2, 0.25) is 0 Å². The second-order valence-corrected chi connectivity index (χ2v) is 6.08. The van der Waals surface area contributed by atoms with Gasteiger partial charge in [0.25, 0.3) is 5.91 Å². The molecule has 1 aliphatic rings. The van der Waals surface area contributed by atoms with Gasteiger partial charge in [-0.3, -0.25) is 9.78 Å². The summed E-state index contributed by atoms with van der Waals surface area (Å²) in [6.45, 7) is 4.35. The van der Waals surface area contributed by atoms with E-state index in [0.717, 1.165) is 24.2 Å². The monoisotopic (exact) mass is 295 g/mol. The van der Waals surface area contributed by atoms with Crippen molar-refractivity contribution in [1.82, 2.24) is 10.3 Å². The molecular weight excluding hydrogens is 274 g/mol. The predicted molar refractivity (Wildman–Crippen MR) is 88.5 cm³/mol. The van der Waals surface area contributed by atoms with Crippen LogP contribution in [-0.2, 0) is 0 Å². The van der Waals surface area contributed by atoms with E-state index in [1.165, 1.54) is 5.56 Å². The fraction of sp³-hybridized carbons (Fsp3) is 0.333. The van der Waals surface area contributed by atoms with E-state index in [9.17, 15) is 4.79 Å². The van der Waals surface area contributed by atoms with E-state index >= 15 is 0 Å². The molecule has 1 amide bonds. The van der Waals surface area contributed by atoms with Crippen LogP contribution in [0.4, 0.5) is 11.4 Å². The summed E-state index contributed by atoms with van der Waals surface area (Å²) in [6, 6.07) is 12.3. The van der Waals surface area contributed by atoms with Crippen LogP contribution in [0, 0.1) is 0 Å². The van der Waals surface area contributed by atoms with Crippen LogP contribution in [-0.4, -0.2) is 16.9 Å². The molecule has 1 saturated carbocycles. The minimum Gasteiger partial charge on any atom is -0.355 e. The van der Waals surface area contributed by atoms with Gasteiger partial charge in [-0.1, -0.05) is 26.0 Å². The molecule has 0 saturated heterocycles. The van der Waals surface area contributed by atoms with Crippen LogP contribution < -0.4 is 10.6 Å². The van der Waals surface area contributed by atoms with Crippen LogP contribution in [0.25, 0.3) is 0 Å². The summed E-state index contributed by atoms with van der Waals surface area (Å²) in [6.07, 6.45) is 3.81. The smallest absolute Gasteiger partial charge is 0.270 e. The molecule has 2 aromatic rings. The Morgan fingerprint density at radius 2 is 1.86 bits per heavy atom. The molecule has 1 aromatic heterocycles. The summed E-state index contributed by atoms with van der Waals surface area (Å²) in [5.74, 6) is 0.425. The van der Waals surface area contributed by atoms with Gasteiger partial charge in [-0.25, -0.2) is 0 Å². The third kappa shape index (κ3) is 3.64. The number of nitrogens with one attached hydrogen (secondary N) is 2. The number of carbonyl (C=O) groups excluding carboxylic acids is 1. The van der Waals surface area contributed by atoms with Crippen molar-refractivity contribution in [2.24, 2.45) is 0 Å². The SMILES string of the molecule is CC(C)c1ccc(Nc2ccnc(C(=O)NC3CC3)c2)cc1. The molecule has 0 atom stereocenters. The zero-order valence-electron chi connectivity index (χ0n) is 13.0. The van der Waals surface area contributed by atoms with E-state index in [-0.39, 0.29) is 5.91 Å². The molecule has 1 aliphatic carbocycles. The van der Waals surface area contributed by atoms with E-state index in [0.29, 0.717) is 17.7 Å². The number of amides is 1. The molecule has 0 unspecified atom stereocenters. The fourth-order valence-corrected chi connectivity index (χ4v) is 2.24. The van der Waals surface area contributed by atoms with E-state index in [1.54, 1.807) is 12.3 Å². The van der Waals surface area contributed by atoms with Crippen LogP contribution in [0.1, 0.15) is 48.7 Å². The highest BCUT2D eigenvalue weighted by Crippen LogP contribution is 2.22. The number of aromatic nitrogens is 1. The van der Waals surface area contributed by atoms with Crippen molar-refractivity contribution < 1.29 is 4.79 Å². The van der Waals surface area contributed by atoms with Crippen LogP contribution >= 0.6 is 0 Å². The number of benzene rings is 1. The topological polar surface area (TPSA) is 54.0 Å². The lowest BCUT2D eigenvalue weighted by Gasteiger charge is -2.10. The molecule has 0 spiro atoms. The summed E-state index contributed by atoms with van der Waals surface area (Å²) in [5.41, 5.74) is 3.64. The summed E-state index contributed by atoms with van der Waals surface area (Å²) >= 11 is 0. The number of hydrogen-bond donors (Lipinski definition) is 2. The van der Waals surface area contributed by atoms with Gasteiger partial charge in [-0.15, -0.1) is 0 Å². The molecular formula is C18H21N3O. The highest BCUT2D eigenvalue weighted by Gasteiger charge is 2.24. The number of hydrogen-bond acceptors (Lipinski definition) is 3. The lowest BCUT2D eigenvalue weighted by Crippen LogP contribution is -2.26. The summed E-state index contributed by atoms with van der Waals surface area (Å²) < 4.78 is 0. The number of pyridine rings is 1. The van der Waals surface area contributed by atoms with Gasteiger partial charge < -0.3 is 10.6 Å². The summed E-state index contributed by atoms with van der Waals surface area (Å²) in [5, 5.41) is 6.27. The fourth-order valence-electron chi connectivity index (χ4n) is 2.24. The second-order valence-electron chi connectivity index (χ2n) is 6.08. The van der Waals surface area contributed by atoms with Gasteiger partial charge in [0, 0.05) is 23.6 Å². The number of carbonyl (C=O) groups is 1. The predicted octanol–water partition coefficient (Wildman–Crippen LogP) is 3.84. The molecule has 1 aromatic carbocycles. The van der Waals surface area contributed by atoms with Gasteiger partial charge in [-0.2, -0.15) is 0 Å². The summed E-state index contributed by atoms with van der Waals surface area (Å²) in [7, 11) is 0. The lowest BCUT2D eigenvalue weighted by molar-refractivity contribution is 0.0946. The normalized spacial score (nSPS) is 14.0. The van der Waals surface area contributed by atoms with Gasteiger partial charge in [0.2, 0.25) is 0 Å². The number of anilines is 2. The first-order valence-corrected chi connectivity index (χ1v) is 7.76. The Morgan fingerprint density at radius 3 is 2.50 bits per heavy atom. The zero-order valence-corrected chi connectivity index (χ0v) is 13.0. The van der Waals surface area contributed by atoms with E-state index in [2.05, 4.69) is 53.7 Å². The maximum Gasteiger partial charge on any atom is 0.270 e. The van der Waals surface area contributed by atoms with Crippen molar-refractivity contribution in [3.8, 4) is 0 Å². The molecule has 0 radical (unpaired) electrons. The highest BCUT2D eigenvalue weighted by molar-refractivity contribution is 5.93. The average Bonchev–Trinajstić information content (AvgIpc) is 3.32. The van der Waals surface area contributed by atoms with Crippen LogP contribution in [0.3, 0.4) is 0 Å². The lowest BCUT2D eigenvalue weighted by atomic mass is 10.0. The molecule has 22 heavy (non-hydrogen) atoms. The van der Waals surface area contributed by atoms with Gasteiger partial charge in [0.05, 0.1) is 0 Å². The van der Waals surface area contributed by atoms with Gasteiger partial charge in [0.15, 0.2) is 0 Å². The third-order valence-corrected chi connectivity index (χ3v) is 3.77. The number of rotatable bonds is 5. The standard InChI is InChI=1S/C18H21N3O/c1-12(2)13-3-5-14(6-4-13)20-16-9-10-19-17(11-16)18(22)21-15-7-8-15/h3-6,9-12,15H,7-8H2,1-2H3,(H,19,20)(H,21,22). The molecule has 3 rings (SSSR count). The first kappa shape index (κ1) is 14.6. The van der Waals surface area contributed by atoms with Crippen molar-refractivity contribution in [2.45, 2.75) is 38.6 Å². The Morgan fingerprint density at radius 1 is 1.14 bits per heavy atom. The van der Waals surface area contributed by atoms with Crippen LogP contribution in [0.15, 0.2) is 42.6 Å². The minimum atomic E-state index is -0.0960. The quantitative estimate of drug-likeness (QED) is 0.881. The molecule has 1 fully saturated rings. The largest absolute Gasteiger partial charge is 0.355 e. The third-order valence-electron chi connectivity index (χ3n) is 3.77. The van der Waals surface area contributed by atoms with E-state index < -0.39 is 0 Å². The van der Waals surface area contributed by atoms with Crippen molar-refractivity contribution in [3.63, 3.8) is 0 Å². The number of nitrogens with zero attached hydrogens (tertiary/aromatic N) is 1. The molecule has 4 nitrogen and oxygen atoms in total. The second kappa shape index (κ2) is 6.18. The molecule has 2 N–H and O–H groups in total. The van der Waals surface area contributed by atoms with Gasteiger partial charge in [0.1, 0.15) is 5.69 Å². The summed E-state index contributed by atoms with van der Waals surface area (Å²) in [4.78, 5) is 16.2. The van der Waals surface area contributed by atoms with E-state index in [4.69, 9.17) is 0 Å². The van der Waals surface area contributed by atoms with Gasteiger partial charge >= 0.3 is 0 Å². The zero-order chi connectivity index (χ0) is 15.5.